The summed E-state index contributed by atoms with van der Waals surface area (Å²) in [6, 6.07) is 7.71. The first-order chi connectivity index (χ1) is 17.3. The Kier molecular flexibility index (Phi) is 11.7. The fourth-order valence-corrected chi connectivity index (χ4v) is 3.65. The average molecular weight is 492 g/mol. The number of methoxy groups -OCH3 is 1. The first kappa shape index (κ1) is 28.7. The lowest BCUT2D eigenvalue weighted by atomic mass is 10.0. The Morgan fingerprint density at radius 2 is 1.86 bits per heavy atom. The molecule has 1 aliphatic rings. The number of nitrogens with one attached hydrogen (secondary N) is 1. The Bertz CT molecular complexity index is 1080. The fraction of sp³-hybridized carbons (Fsp3) is 0.379. The van der Waals surface area contributed by atoms with Crippen molar-refractivity contribution in [2.45, 2.75) is 34.6 Å². The predicted molar refractivity (Wildman–Crippen MR) is 151 cm³/mol. The molecular weight excluding hydrogens is 450 g/mol. The molecule has 1 aromatic heterocycles. The smallest absolute Gasteiger partial charge is 0.256 e. The Morgan fingerprint density at radius 3 is 2.42 bits per heavy atom. The molecule has 1 fully saturated rings. The van der Waals surface area contributed by atoms with Crippen LogP contribution in [0, 0.1) is 6.92 Å². The van der Waals surface area contributed by atoms with Crippen LogP contribution in [0.25, 0.3) is 11.1 Å². The zero-order valence-electron chi connectivity index (χ0n) is 22.5. The van der Waals surface area contributed by atoms with Gasteiger partial charge in [-0.25, -0.2) is 4.98 Å². The average Bonchev–Trinajstić information content (AvgIpc) is 2.91. The van der Waals surface area contributed by atoms with E-state index in [9.17, 15) is 4.79 Å². The molecular formula is C29H41N5O2. The van der Waals surface area contributed by atoms with Crippen LogP contribution < -0.4 is 11.1 Å². The molecule has 0 atom stereocenters. The van der Waals surface area contributed by atoms with Crippen LogP contribution in [-0.4, -0.2) is 60.5 Å². The van der Waals surface area contributed by atoms with Gasteiger partial charge in [-0.05, 0) is 69.6 Å². The second kappa shape index (κ2) is 14.7. The molecule has 36 heavy (non-hydrogen) atoms. The van der Waals surface area contributed by atoms with Crippen LogP contribution >= 0.6 is 0 Å². The third-order valence-electron chi connectivity index (χ3n) is 6.15. The van der Waals surface area contributed by atoms with E-state index in [0.717, 1.165) is 61.0 Å². The summed E-state index contributed by atoms with van der Waals surface area (Å²) >= 11 is 0. The quantitative estimate of drug-likeness (QED) is 0.303. The van der Waals surface area contributed by atoms with Gasteiger partial charge in [0, 0.05) is 49.8 Å². The highest BCUT2D eigenvalue weighted by molar-refractivity contribution is 6.00. The van der Waals surface area contributed by atoms with Crippen LogP contribution in [0.3, 0.4) is 0 Å². The van der Waals surface area contributed by atoms with Crippen molar-refractivity contribution >= 4 is 17.4 Å². The maximum absolute atomic E-state index is 13.1. The number of amides is 1. The highest BCUT2D eigenvalue weighted by Crippen LogP contribution is 2.27. The topological polar surface area (TPSA) is 83.7 Å². The Labute approximate surface area is 216 Å². The van der Waals surface area contributed by atoms with Crippen LogP contribution in [0.5, 0.6) is 0 Å². The molecule has 1 aliphatic heterocycles. The standard InChI is InChI=1S/C24H31N5O.C5H10O/c1-4-6-7-10-26-23-18(3)15-20(17-27-23)19-8-9-22(25)21(16-19)24(30)29-13-11-28(5-2)12-14-29;1-4-5(2)6-3/h4,6-10,15-17H,5,11-14,25H2,1-3H3,(H,26,27);4H,1-3H3/b6-4+,10-7+;5-4+. The zero-order chi connectivity index (χ0) is 26.5. The van der Waals surface area contributed by atoms with Gasteiger partial charge in [0.1, 0.15) is 5.82 Å². The number of nitrogens with zero attached hydrogens (tertiary/aromatic N) is 3. The Morgan fingerprint density at radius 1 is 1.14 bits per heavy atom. The van der Waals surface area contributed by atoms with Crippen LogP contribution in [0.2, 0.25) is 0 Å². The van der Waals surface area contributed by atoms with Gasteiger partial charge in [-0.15, -0.1) is 0 Å². The summed E-state index contributed by atoms with van der Waals surface area (Å²) in [7, 11) is 1.66. The van der Waals surface area contributed by atoms with E-state index < -0.39 is 0 Å². The number of carbonyl (C=O) groups is 1. The SMILES string of the molecule is C/C=C(\C)OC.C/C=C/C=C/Nc1ncc(-c2ccc(N)c(C(=O)N3CCN(CC)CC3)c2)cc1C. The van der Waals surface area contributed by atoms with Gasteiger partial charge in [-0.1, -0.05) is 31.2 Å². The van der Waals surface area contributed by atoms with Crippen molar-refractivity contribution in [3.8, 4) is 11.1 Å². The van der Waals surface area contributed by atoms with Gasteiger partial charge in [0.15, 0.2) is 0 Å². The number of likely N-dealkylation sites (N-methyl/N-ethyl adjacent to an activating group) is 1. The summed E-state index contributed by atoms with van der Waals surface area (Å²) in [4.78, 5) is 21.9. The number of aromatic nitrogens is 1. The van der Waals surface area contributed by atoms with Crippen molar-refractivity contribution in [2.24, 2.45) is 0 Å². The summed E-state index contributed by atoms with van der Waals surface area (Å²) in [6.45, 7) is 14.3. The first-order valence-electron chi connectivity index (χ1n) is 12.4. The lowest BCUT2D eigenvalue weighted by molar-refractivity contribution is 0.0644. The van der Waals surface area contributed by atoms with Crippen molar-refractivity contribution in [2.75, 3.05) is 50.9 Å². The van der Waals surface area contributed by atoms with Gasteiger partial charge in [0.2, 0.25) is 0 Å². The molecule has 1 amide bonds. The minimum absolute atomic E-state index is 0.00203. The summed E-state index contributed by atoms with van der Waals surface area (Å²) in [5.41, 5.74) is 10.2. The van der Waals surface area contributed by atoms with E-state index in [2.05, 4.69) is 28.2 Å². The van der Waals surface area contributed by atoms with Crippen molar-refractivity contribution < 1.29 is 9.53 Å². The van der Waals surface area contributed by atoms with Crippen LogP contribution in [0.15, 0.2) is 66.7 Å². The van der Waals surface area contributed by atoms with Crippen LogP contribution in [-0.2, 0) is 4.74 Å². The largest absolute Gasteiger partial charge is 0.502 e. The van der Waals surface area contributed by atoms with Crippen molar-refractivity contribution in [3.05, 3.63) is 77.9 Å². The summed E-state index contributed by atoms with van der Waals surface area (Å²) in [5.74, 6) is 1.78. The van der Waals surface area contributed by atoms with E-state index >= 15 is 0 Å². The molecule has 0 aliphatic carbocycles. The third-order valence-corrected chi connectivity index (χ3v) is 6.15. The van der Waals surface area contributed by atoms with E-state index in [1.807, 2.05) is 87.5 Å². The molecule has 1 saturated heterocycles. The molecule has 7 heteroatoms. The second-order valence-corrected chi connectivity index (χ2v) is 8.55. The minimum Gasteiger partial charge on any atom is -0.502 e. The lowest BCUT2D eigenvalue weighted by Gasteiger charge is -2.34. The van der Waals surface area contributed by atoms with E-state index in [4.69, 9.17) is 10.5 Å². The molecule has 0 bridgehead atoms. The summed E-state index contributed by atoms with van der Waals surface area (Å²) in [6.07, 6.45) is 11.4. The van der Waals surface area contributed by atoms with E-state index in [0.29, 0.717) is 11.3 Å². The maximum Gasteiger partial charge on any atom is 0.256 e. The first-order valence-corrected chi connectivity index (χ1v) is 12.4. The number of anilines is 2. The number of hydrogen-bond donors (Lipinski definition) is 2. The number of benzene rings is 1. The van der Waals surface area contributed by atoms with Crippen molar-refractivity contribution in [1.29, 1.82) is 0 Å². The normalized spacial score (nSPS) is 14.6. The van der Waals surface area contributed by atoms with E-state index in [1.165, 1.54) is 0 Å². The molecule has 3 N–H and O–H groups in total. The monoisotopic (exact) mass is 491 g/mol. The highest BCUT2D eigenvalue weighted by Gasteiger charge is 2.23. The lowest BCUT2D eigenvalue weighted by Crippen LogP contribution is -2.48. The summed E-state index contributed by atoms with van der Waals surface area (Å²) in [5, 5.41) is 3.19. The number of allylic oxidation sites excluding steroid dienone is 5. The summed E-state index contributed by atoms with van der Waals surface area (Å²) < 4.78 is 4.76. The molecule has 194 valence electrons. The van der Waals surface area contributed by atoms with Gasteiger partial charge >= 0.3 is 0 Å². The third kappa shape index (κ3) is 8.27. The number of piperazine rings is 1. The number of nitrogen functional groups attached to an aromatic ring is 1. The van der Waals surface area contributed by atoms with Crippen molar-refractivity contribution in [1.82, 2.24) is 14.8 Å². The molecule has 2 heterocycles. The zero-order valence-corrected chi connectivity index (χ0v) is 22.5. The Balaban J connectivity index is 0.000000678. The molecule has 3 rings (SSSR count). The number of hydrogen-bond acceptors (Lipinski definition) is 6. The molecule has 0 unspecified atom stereocenters. The van der Waals surface area contributed by atoms with Gasteiger partial charge in [0.25, 0.3) is 5.91 Å². The van der Waals surface area contributed by atoms with Gasteiger partial charge in [-0.2, -0.15) is 0 Å². The number of aryl methyl sites for hydroxylation is 1. The second-order valence-electron chi connectivity index (χ2n) is 8.55. The minimum atomic E-state index is 0.00203. The molecule has 2 aromatic rings. The number of nitrogens with two attached hydrogens (primary N) is 1. The number of rotatable bonds is 7. The predicted octanol–water partition coefficient (Wildman–Crippen LogP) is 5.48. The number of ether oxygens (including phenoxy) is 1. The van der Waals surface area contributed by atoms with Crippen molar-refractivity contribution in [3.63, 3.8) is 0 Å². The maximum atomic E-state index is 13.1. The van der Waals surface area contributed by atoms with Gasteiger partial charge in [0.05, 0.1) is 18.4 Å². The van der Waals surface area contributed by atoms with Gasteiger partial charge < -0.3 is 25.6 Å². The van der Waals surface area contributed by atoms with Crippen LogP contribution in [0.1, 0.15) is 43.6 Å². The number of carbonyl (C=O) groups excluding carboxylic acids is 1. The Hall–Kier alpha value is -3.58. The molecule has 0 saturated carbocycles. The highest BCUT2D eigenvalue weighted by atomic mass is 16.5. The van der Waals surface area contributed by atoms with E-state index in [-0.39, 0.29) is 5.91 Å². The fourth-order valence-electron chi connectivity index (χ4n) is 3.65. The number of pyridine rings is 1. The molecule has 0 radical (unpaired) electrons. The van der Waals surface area contributed by atoms with Crippen LogP contribution in [0.4, 0.5) is 11.5 Å². The molecule has 0 spiro atoms. The molecule has 1 aromatic carbocycles. The van der Waals surface area contributed by atoms with E-state index in [1.54, 1.807) is 7.11 Å². The van der Waals surface area contributed by atoms with Gasteiger partial charge in [-0.3, -0.25) is 4.79 Å². The molecule has 7 nitrogen and oxygen atoms in total.